The predicted octanol–water partition coefficient (Wildman–Crippen LogP) is 11.8. The molecule has 0 spiro atoms. The Bertz CT molecular complexity index is 1840. The third-order valence-corrected chi connectivity index (χ3v) is 10.6. The molecule has 3 aromatic carbocycles. The Labute approximate surface area is 257 Å². The minimum absolute atomic E-state index is 0.338. The highest BCUT2D eigenvalue weighted by molar-refractivity contribution is 6.12. The smallest absolute Gasteiger partial charge is 0.145 e. The molecule has 2 aliphatic carbocycles. The molecule has 2 atom stereocenters. The zero-order chi connectivity index (χ0) is 29.9. The molecule has 0 bridgehead atoms. The number of imidazole rings is 1. The molecule has 0 N–H and O–H groups in total. The first-order valence-corrected chi connectivity index (χ1v) is 16.4. The summed E-state index contributed by atoms with van der Waals surface area (Å²) in [7, 11) is 0. The van der Waals surface area contributed by atoms with E-state index in [2.05, 4.69) is 131 Å². The number of allylic oxidation sites excluding steroid dienone is 4. The van der Waals surface area contributed by atoms with Gasteiger partial charge in [0, 0.05) is 16.3 Å². The summed E-state index contributed by atoms with van der Waals surface area (Å²) in [6, 6.07) is 24.7. The molecule has 7 rings (SSSR count). The van der Waals surface area contributed by atoms with Gasteiger partial charge in [-0.3, -0.25) is 4.40 Å². The van der Waals surface area contributed by atoms with Crippen LogP contribution in [0.1, 0.15) is 91.2 Å². The van der Waals surface area contributed by atoms with E-state index in [-0.39, 0.29) is 0 Å². The zero-order valence-electron chi connectivity index (χ0n) is 26.9. The monoisotopic (exact) mass is 566 g/mol. The summed E-state index contributed by atoms with van der Waals surface area (Å²) in [5.41, 5.74) is 11.3. The van der Waals surface area contributed by atoms with E-state index in [4.69, 9.17) is 4.98 Å². The van der Waals surface area contributed by atoms with Gasteiger partial charge < -0.3 is 0 Å². The van der Waals surface area contributed by atoms with Crippen molar-refractivity contribution in [3.63, 3.8) is 0 Å². The van der Waals surface area contributed by atoms with Crippen molar-refractivity contribution in [1.29, 1.82) is 0 Å². The Morgan fingerprint density at radius 1 is 0.628 bits per heavy atom. The van der Waals surface area contributed by atoms with Crippen molar-refractivity contribution >= 4 is 38.5 Å². The summed E-state index contributed by atoms with van der Waals surface area (Å²) in [6.07, 6.45) is 14.3. The summed E-state index contributed by atoms with van der Waals surface area (Å²) in [6.45, 7) is 14.4. The highest BCUT2D eigenvalue weighted by atomic mass is 15.0. The number of benzene rings is 3. The first kappa shape index (κ1) is 28.1. The van der Waals surface area contributed by atoms with Crippen LogP contribution in [0.3, 0.4) is 0 Å². The first-order valence-electron chi connectivity index (χ1n) is 16.4. The largest absolute Gasteiger partial charge is 0.292 e. The summed E-state index contributed by atoms with van der Waals surface area (Å²) in [4.78, 5) is 5.16. The molecule has 5 aromatic rings. The molecule has 220 valence electrons. The highest BCUT2D eigenvalue weighted by Crippen LogP contribution is 2.47. The van der Waals surface area contributed by atoms with Crippen LogP contribution in [0.4, 0.5) is 0 Å². The van der Waals surface area contributed by atoms with Gasteiger partial charge in [-0.2, -0.15) is 0 Å². The fourth-order valence-corrected chi connectivity index (χ4v) is 7.87. The Morgan fingerprint density at radius 2 is 1.16 bits per heavy atom. The summed E-state index contributed by atoms with van der Waals surface area (Å²) in [5.74, 6) is 1.45. The van der Waals surface area contributed by atoms with E-state index < -0.39 is 0 Å². The number of rotatable bonds is 3. The van der Waals surface area contributed by atoms with Crippen molar-refractivity contribution in [1.82, 2.24) is 9.38 Å². The maximum Gasteiger partial charge on any atom is 0.145 e. The van der Waals surface area contributed by atoms with Crippen molar-refractivity contribution in [3.05, 3.63) is 96.2 Å². The van der Waals surface area contributed by atoms with E-state index in [1.54, 1.807) is 0 Å². The number of para-hydroxylation sites is 1. The van der Waals surface area contributed by atoms with Gasteiger partial charge in [-0.15, -0.1) is 0 Å². The van der Waals surface area contributed by atoms with E-state index in [0.717, 1.165) is 43.2 Å². The normalized spacial score (nSPS) is 20.0. The van der Waals surface area contributed by atoms with Crippen molar-refractivity contribution in [2.45, 2.75) is 80.1 Å². The second kappa shape index (κ2) is 10.5. The second-order valence-corrected chi connectivity index (χ2v) is 15.2. The zero-order valence-corrected chi connectivity index (χ0v) is 26.9. The lowest BCUT2D eigenvalue weighted by atomic mass is 9.71. The standard InChI is InChI=1S/C41H46N2/c1-40(2,3)29-22-18-27(19-23-29)31-15-11-16-32(28-20-24-30(25-21-28)41(4,5)6)38(31)37-26-42-39-35-14-8-7-12-33(35)34-13-9-10-17-36(34)43(37)39/h7-18,20,26,29-30H,19,21-25H2,1-6H3. The quantitative estimate of drug-likeness (QED) is 0.199. The number of pyridine rings is 1. The molecule has 0 saturated carbocycles. The molecule has 2 aromatic heterocycles. The number of hydrogen-bond acceptors (Lipinski definition) is 1. The topological polar surface area (TPSA) is 17.3 Å². The molecular formula is C41H46N2. The lowest BCUT2D eigenvalue weighted by Gasteiger charge is -2.34. The molecule has 2 unspecified atom stereocenters. The summed E-state index contributed by atoms with van der Waals surface area (Å²) in [5, 5.41) is 3.75. The lowest BCUT2D eigenvalue weighted by Crippen LogP contribution is -2.22. The van der Waals surface area contributed by atoms with Crippen molar-refractivity contribution in [2.75, 3.05) is 0 Å². The van der Waals surface area contributed by atoms with Crippen LogP contribution in [-0.4, -0.2) is 9.38 Å². The number of nitrogens with zero attached hydrogens (tertiary/aromatic N) is 2. The van der Waals surface area contributed by atoms with Crippen LogP contribution < -0.4 is 0 Å². The molecule has 0 aliphatic heterocycles. The van der Waals surface area contributed by atoms with Gasteiger partial charge in [-0.05, 0) is 94.9 Å². The van der Waals surface area contributed by atoms with Crippen molar-refractivity contribution in [3.8, 4) is 11.3 Å². The lowest BCUT2D eigenvalue weighted by molar-refractivity contribution is 0.225. The van der Waals surface area contributed by atoms with Crippen LogP contribution in [-0.2, 0) is 0 Å². The molecule has 43 heavy (non-hydrogen) atoms. The molecule has 0 fully saturated rings. The fourth-order valence-electron chi connectivity index (χ4n) is 7.87. The average molecular weight is 567 g/mol. The van der Waals surface area contributed by atoms with Crippen molar-refractivity contribution in [2.24, 2.45) is 22.7 Å². The van der Waals surface area contributed by atoms with Crippen LogP contribution in [0.25, 0.3) is 49.7 Å². The highest BCUT2D eigenvalue weighted by Gasteiger charge is 2.30. The van der Waals surface area contributed by atoms with E-state index in [1.165, 1.54) is 68.0 Å². The van der Waals surface area contributed by atoms with E-state index in [0.29, 0.717) is 10.8 Å². The molecule has 2 heteroatoms. The van der Waals surface area contributed by atoms with Gasteiger partial charge >= 0.3 is 0 Å². The summed E-state index contributed by atoms with van der Waals surface area (Å²) < 4.78 is 2.45. The Kier molecular flexibility index (Phi) is 6.88. The van der Waals surface area contributed by atoms with Crippen LogP contribution >= 0.6 is 0 Å². The number of aromatic nitrogens is 2. The van der Waals surface area contributed by atoms with Crippen LogP contribution in [0.2, 0.25) is 0 Å². The Morgan fingerprint density at radius 3 is 1.70 bits per heavy atom. The van der Waals surface area contributed by atoms with Crippen LogP contribution in [0, 0.1) is 22.7 Å². The van der Waals surface area contributed by atoms with Gasteiger partial charge in [0.15, 0.2) is 0 Å². The predicted molar refractivity (Wildman–Crippen MR) is 185 cm³/mol. The molecule has 0 amide bonds. The number of fused-ring (bicyclic) bond motifs is 6. The van der Waals surface area contributed by atoms with E-state index >= 15 is 0 Å². The van der Waals surface area contributed by atoms with Gasteiger partial charge in [-0.1, -0.05) is 114 Å². The molecular weight excluding hydrogens is 520 g/mol. The molecule has 0 saturated heterocycles. The van der Waals surface area contributed by atoms with Crippen molar-refractivity contribution < 1.29 is 0 Å². The van der Waals surface area contributed by atoms with Crippen LogP contribution in [0.15, 0.2) is 85.1 Å². The molecule has 2 aliphatic rings. The first-order chi connectivity index (χ1) is 20.6. The molecule has 0 radical (unpaired) electrons. The van der Waals surface area contributed by atoms with E-state index in [9.17, 15) is 0 Å². The van der Waals surface area contributed by atoms with Gasteiger partial charge in [0.2, 0.25) is 0 Å². The van der Waals surface area contributed by atoms with Crippen LogP contribution in [0.5, 0.6) is 0 Å². The van der Waals surface area contributed by atoms with Gasteiger partial charge in [0.1, 0.15) is 5.65 Å². The third-order valence-electron chi connectivity index (χ3n) is 10.6. The minimum atomic E-state index is 0.338. The van der Waals surface area contributed by atoms with Gasteiger partial charge in [0.05, 0.1) is 17.4 Å². The van der Waals surface area contributed by atoms with Gasteiger partial charge in [0.25, 0.3) is 0 Å². The SMILES string of the molecule is CC(C)(C)C1CC=C(c2cccc(C3=CCC(C(C)(C)C)CC3)c2-c2cnc3c4ccccc4c4ccccc4n23)CC1. The summed E-state index contributed by atoms with van der Waals surface area (Å²) >= 11 is 0. The average Bonchev–Trinajstić information content (AvgIpc) is 3.46. The Balaban J connectivity index is 1.48. The maximum absolute atomic E-state index is 5.16. The molecule has 2 nitrogen and oxygen atoms in total. The number of hydrogen-bond donors (Lipinski definition) is 0. The fraction of sp³-hybridized carbons (Fsp3) is 0.390. The van der Waals surface area contributed by atoms with Gasteiger partial charge in [-0.25, -0.2) is 4.98 Å². The second-order valence-electron chi connectivity index (χ2n) is 15.2. The minimum Gasteiger partial charge on any atom is -0.292 e. The molecule has 2 heterocycles. The Hall–Kier alpha value is -3.65. The van der Waals surface area contributed by atoms with E-state index in [1.807, 2.05) is 0 Å². The maximum atomic E-state index is 5.16. The third kappa shape index (κ3) is 4.93.